The molecule has 0 amide bonds. The van der Waals surface area contributed by atoms with E-state index in [2.05, 4.69) is 57.8 Å². The Morgan fingerprint density at radius 1 is 0.500 bits per heavy atom. The molecule has 42 heavy (non-hydrogen) atoms. The zero-order chi connectivity index (χ0) is 29.6. The molecule has 0 bridgehead atoms. The van der Waals surface area contributed by atoms with Crippen LogP contribution in [0.2, 0.25) is 0 Å². The Labute approximate surface area is 283 Å². The van der Waals surface area contributed by atoms with Gasteiger partial charge in [-0.1, -0.05) is 78.1 Å². The molecule has 0 atom stereocenters. The maximum atomic E-state index is 14.6. The van der Waals surface area contributed by atoms with Gasteiger partial charge in [-0.15, -0.1) is 45.3 Å². The van der Waals surface area contributed by atoms with Crippen molar-refractivity contribution in [2.45, 2.75) is 104 Å². The third kappa shape index (κ3) is 7.15. The van der Waals surface area contributed by atoms with E-state index >= 15 is 0 Å². The molecular weight excluding hydrogens is 728 g/mol. The lowest BCUT2D eigenvalue weighted by atomic mass is 9.83. The zero-order valence-electron chi connectivity index (χ0n) is 24.4. The fourth-order valence-corrected chi connectivity index (χ4v) is 11.5. The number of unbranched alkanes of at least 4 members (excludes halogenated alkanes) is 10. The molecule has 4 aromatic heterocycles. The molecule has 4 heterocycles. The molecule has 1 aliphatic rings. The van der Waals surface area contributed by atoms with Crippen LogP contribution in [0.1, 0.15) is 132 Å². The standard InChI is InChI=1S/C34H38Br2O2S4/c1-3-5-7-9-11-13-15-21-27-28(22(39-21)16-14-12-10-8-6-4-2)32(38)30-29(31(27)37)33(23-17-19-25(35)40-23)42-34(30)24-18-20-26(36)41-24/h17-20H,3-16H2,1-2H3. The minimum Gasteiger partial charge on any atom is -0.288 e. The van der Waals surface area contributed by atoms with Crippen LogP contribution in [0.3, 0.4) is 0 Å². The summed E-state index contributed by atoms with van der Waals surface area (Å²) in [6.45, 7) is 4.49. The lowest BCUT2D eigenvalue weighted by Gasteiger charge is -2.16. The van der Waals surface area contributed by atoms with E-state index in [1.807, 2.05) is 12.1 Å². The van der Waals surface area contributed by atoms with Crippen LogP contribution < -0.4 is 0 Å². The van der Waals surface area contributed by atoms with Crippen LogP contribution in [0.15, 0.2) is 31.8 Å². The van der Waals surface area contributed by atoms with E-state index in [1.165, 1.54) is 64.2 Å². The van der Waals surface area contributed by atoms with Gasteiger partial charge >= 0.3 is 0 Å². The number of ketones is 2. The first-order valence-corrected chi connectivity index (χ1v) is 20.2. The van der Waals surface area contributed by atoms with Crippen LogP contribution in [0, 0.1) is 0 Å². The topological polar surface area (TPSA) is 34.1 Å². The molecule has 224 valence electrons. The van der Waals surface area contributed by atoms with Gasteiger partial charge in [0, 0.05) is 30.6 Å². The van der Waals surface area contributed by atoms with Gasteiger partial charge in [-0.3, -0.25) is 9.59 Å². The molecule has 2 nitrogen and oxygen atoms in total. The van der Waals surface area contributed by atoms with Gasteiger partial charge in [0.25, 0.3) is 0 Å². The maximum Gasteiger partial charge on any atom is 0.197 e. The molecule has 1 aliphatic carbocycles. The summed E-state index contributed by atoms with van der Waals surface area (Å²) in [5.41, 5.74) is 2.69. The number of carbonyl (C=O) groups excluding carboxylic acids is 2. The van der Waals surface area contributed by atoms with E-state index in [1.54, 1.807) is 45.3 Å². The maximum absolute atomic E-state index is 14.6. The second-order valence-corrected chi connectivity index (χ2v) is 18.2. The third-order valence-electron chi connectivity index (χ3n) is 7.98. The van der Waals surface area contributed by atoms with Gasteiger partial charge in [0.1, 0.15) is 0 Å². The molecule has 0 N–H and O–H groups in total. The number of halogens is 2. The number of thiophene rings is 4. The number of rotatable bonds is 16. The Kier molecular flexibility index (Phi) is 11.9. The smallest absolute Gasteiger partial charge is 0.197 e. The summed E-state index contributed by atoms with van der Waals surface area (Å²) in [7, 11) is 0. The SMILES string of the molecule is CCCCCCCCc1sc(CCCCCCCC)c2c1C(=O)c1c(-c3ccc(Br)s3)sc(-c3ccc(Br)s3)c1C2=O. The average Bonchev–Trinajstić information content (AvgIpc) is 3.76. The minimum atomic E-state index is 0.0590. The second-order valence-electron chi connectivity index (χ2n) is 11.1. The molecule has 0 fully saturated rings. The summed E-state index contributed by atoms with van der Waals surface area (Å²) in [5, 5.41) is 0. The summed E-state index contributed by atoms with van der Waals surface area (Å²) in [6.07, 6.45) is 16.4. The van der Waals surface area contributed by atoms with Crippen molar-refractivity contribution in [2.24, 2.45) is 0 Å². The molecule has 0 saturated carbocycles. The first-order valence-electron chi connectivity index (χ1n) is 15.4. The molecule has 0 aromatic carbocycles. The molecule has 0 radical (unpaired) electrons. The Morgan fingerprint density at radius 2 is 0.905 bits per heavy atom. The zero-order valence-corrected chi connectivity index (χ0v) is 30.9. The highest BCUT2D eigenvalue weighted by molar-refractivity contribution is 9.11. The molecule has 8 heteroatoms. The van der Waals surface area contributed by atoms with Crippen LogP contribution in [-0.4, -0.2) is 11.6 Å². The first-order chi connectivity index (χ1) is 20.4. The normalized spacial score (nSPS) is 12.8. The molecule has 0 saturated heterocycles. The van der Waals surface area contributed by atoms with Crippen molar-refractivity contribution in [3.8, 4) is 19.5 Å². The van der Waals surface area contributed by atoms with E-state index in [-0.39, 0.29) is 11.6 Å². The van der Waals surface area contributed by atoms with Crippen LogP contribution in [0.25, 0.3) is 19.5 Å². The molecule has 0 unspecified atom stereocenters. The van der Waals surface area contributed by atoms with Crippen molar-refractivity contribution in [1.82, 2.24) is 0 Å². The summed E-state index contributed by atoms with van der Waals surface area (Å²) < 4.78 is 2.05. The van der Waals surface area contributed by atoms with Gasteiger partial charge in [0.2, 0.25) is 0 Å². The van der Waals surface area contributed by atoms with Crippen LogP contribution in [0.4, 0.5) is 0 Å². The van der Waals surface area contributed by atoms with Gasteiger partial charge in [-0.05, 0) is 81.8 Å². The highest BCUT2D eigenvalue weighted by Crippen LogP contribution is 2.52. The predicted molar refractivity (Wildman–Crippen MR) is 192 cm³/mol. The summed E-state index contributed by atoms with van der Waals surface area (Å²) in [6, 6.07) is 8.19. The van der Waals surface area contributed by atoms with Crippen LogP contribution in [0.5, 0.6) is 0 Å². The molecule has 4 aromatic rings. The molecule has 5 rings (SSSR count). The van der Waals surface area contributed by atoms with Gasteiger partial charge in [-0.2, -0.15) is 0 Å². The van der Waals surface area contributed by atoms with Crippen molar-refractivity contribution < 1.29 is 9.59 Å². The number of aryl methyl sites for hydroxylation is 2. The Hall–Kier alpha value is -0.900. The largest absolute Gasteiger partial charge is 0.288 e. The summed E-state index contributed by atoms with van der Waals surface area (Å²) >= 11 is 13.8. The van der Waals surface area contributed by atoms with Crippen molar-refractivity contribution in [1.29, 1.82) is 0 Å². The first kappa shape index (κ1) is 32.5. The fraction of sp³-hybridized carbons (Fsp3) is 0.471. The van der Waals surface area contributed by atoms with Crippen molar-refractivity contribution in [3.05, 3.63) is 63.8 Å². The summed E-state index contributed by atoms with van der Waals surface area (Å²) in [4.78, 5) is 35.4. The number of hydrogen-bond donors (Lipinski definition) is 0. The monoisotopic (exact) mass is 764 g/mol. The van der Waals surface area contributed by atoms with Crippen LogP contribution in [-0.2, 0) is 12.8 Å². The minimum absolute atomic E-state index is 0.0590. The van der Waals surface area contributed by atoms with Gasteiger partial charge in [0.05, 0.1) is 28.5 Å². The lowest BCUT2D eigenvalue weighted by Crippen LogP contribution is -2.21. The number of carbonyl (C=O) groups is 2. The Balaban J connectivity index is 1.54. The third-order valence-corrected chi connectivity index (χ3v) is 14.1. The molecular formula is C34H38Br2O2S4. The summed E-state index contributed by atoms with van der Waals surface area (Å²) in [5.74, 6) is 0.118. The predicted octanol–water partition coefficient (Wildman–Crippen LogP) is 13.4. The van der Waals surface area contributed by atoms with Gasteiger partial charge < -0.3 is 0 Å². The fourth-order valence-electron chi connectivity index (χ4n) is 5.83. The average molecular weight is 767 g/mol. The highest BCUT2D eigenvalue weighted by Gasteiger charge is 2.41. The van der Waals surface area contributed by atoms with Crippen molar-refractivity contribution >= 4 is 88.8 Å². The quantitative estimate of drug-likeness (QED) is 0.0938. The van der Waals surface area contributed by atoms with Crippen molar-refractivity contribution in [2.75, 3.05) is 0 Å². The number of hydrogen-bond acceptors (Lipinski definition) is 6. The van der Waals surface area contributed by atoms with Gasteiger partial charge in [-0.25, -0.2) is 0 Å². The lowest BCUT2D eigenvalue weighted by molar-refractivity contribution is 0.0980. The van der Waals surface area contributed by atoms with Crippen LogP contribution >= 0.6 is 77.2 Å². The van der Waals surface area contributed by atoms with E-state index in [9.17, 15) is 9.59 Å². The highest BCUT2D eigenvalue weighted by atomic mass is 79.9. The number of fused-ring (bicyclic) bond motifs is 2. The molecule has 0 spiro atoms. The van der Waals surface area contributed by atoms with E-state index in [0.29, 0.717) is 11.1 Å². The van der Waals surface area contributed by atoms with E-state index < -0.39 is 0 Å². The second kappa shape index (κ2) is 15.4. The Morgan fingerprint density at radius 3 is 1.29 bits per heavy atom. The van der Waals surface area contributed by atoms with E-state index in [0.717, 1.165) is 73.6 Å². The van der Waals surface area contributed by atoms with Gasteiger partial charge in [0.15, 0.2) is 11.6 Å². The Bertz CT molecular complexity index is 1430. The van der Waals surface area contributed by atoms with E-state index in [4.69, 9.17) is 0 Å². The van der Waals surface area contributed by atoms with Crippen molar-refractivity contribution in [3.63, 3.8) is 0 Å². The molecule has 0 aliphatic heterocycles.